The molecule has 1 heterocycles. The van der Waals surface area contributed by atoms with Crippen LogP contribution in [0.2, 0.25) is 0 Å². The van der Waals surface area contributed by atoms with E-state index in [0.717, 1.165) is 5.06 Å². The van der Waals surface area contributed by atoms with Crippen LogP contribution in [-0.4, -0.2) is 38.6 Å². The predicted molar refractivity (Wildman–Crippen MR) is 49.5 cm³/mol. The molecule has 0 spiro atoms. The van der Waals surface area contributed by atoms with Crippen molar-refractivity contribution in [3.8, 4) is 0 Å². The Morgan fingerprint density at radius 2 is 1.92 bits per heavy atom. The zero-order valence-corrected chi connectivity index (χ0v) is 8.31. The molecule has 5 heteroatoms. The van der Waals surface area contributed by atoms with Crippen LogP contribution in [0, 0.1) is 0 Å². The van der Waals surface area contributed by atoms with Gasteiger partial charge < -0.3 is 10.4 Å². The Morgan fingerprint density at radius 3 is 2.23 bits per heavy atom. The van der Waals surface area contributed by atoms with Crippen molar-refractivity contribution in [3.05, 3.63) is 0 Å². The highest BCUT2D eigenvalue weighted by Crippen LogP contribution is 2.32. The normalized spacial score (nSPS) is 26.7. The molecule has 0 saturated carbocycles. The van der Waals surface area contributed by atoms with Gasteiger partial charge in [-0.25, -0.2) is 0 Å². The minimum atomic E-state index is -0.667. The summed E-state index contributed by atoms with van der Waals surface area (Å²) < 4.78 is 0. The number of hydrogen-bond donors (Lipinski definition) is 2. The van der Waals surface area contributed by atoms with E-state index in [9.17, 15) is 5.21 Å². The zero-order chi connectivity index (χ0) is 10.3. The molecule has 0 fully saturated rings. The van der Waals surface area contributed by atoms with Crippen LogP contribution >= 0.6 is 0 Å². The monoisotopic (exact) mass is 185 g/mol. The maximum absolute atomic E-state index is 9.76. The van der Waals surface area contributed by atoms with Crippen molar-refractivity contribution >= 4 is 11.9 Å². The Bertz CT molecular complexity index is 269. The van der Waals surface area contributed by atoms with E-state index in [1.165, 1.54) is 6.21 Å². The zero-order valence-electron chi connectivity index (χ0n) is 8.31. The van der Waals surface area contributed by atoms with Crippen molar-refractivity contribution in [2.75, 3.05) is 0 Å². The Balaban J connectivity index is 3.09. The molecule has 0 saturated heterocycles. The summed E-state index contributed by atoms with van der Waals surface area (Å²) in [5, 5.41) is 22.2. The first kappa shape index (κ1) is 10.1. The lowest BCUT2D eigenvalue weighted by Crippen LogP contribution is -2.50. The molecular weight excluding hydrogens is 170 g/mol. The molecule has 0 unspecified atom stereocenters. The topological polar surface area (TPSA) is 68.4 Å². The summed E-state index contributed by atoms with van der Waals surface area (Å²) in [5.41, 5.74) is -0.724. The first-order valence-electron chi connectivity index (χ1n) is 4.09. The van der Waals surface area contributed by atoms with Gasteiger partial charge in [-0.05, 0) is 27.7 Å². The minimum absolute atomic E-state index is 0.558. The standard InChI is InChI=1S/C8H15N3O2/c1-7(2)6(5-9-12)10-8(3,4)11(7)13/h5,12-13H,1-4H3/b9-5-. The summed E-state index contributed by atoms with van der Waals surface area (Å²) in [4.78, 5) is 4.23. The number of hydroxylamine groups is 2. The third-order valence-corrected chi connectivity index (χ3v) is 2.25. The van der Waals surface area contributed by atoms with Gasteiger partial charge in [-0.2, -0.15) is 5.06 Å². The van der Waals surface area contributed by atoms with Crippen LogP contribution in [0.5, 0.6) is 0 Å². The van der Waals surface area contributed by atoms with E-state index in [0.29, 0.717) is 5.71 Å². The molecule has 2 N–H and O–H groups in total. The van der Waals surface area contributed by atoms with E-state index in [1.807, 2.05) is 13.8 Å². The molecule has 0 aromatic carbocycles. The number of hydrogen-bond acceptors (Lipinski definition) is 5. The second kappa shape index (κ2) is 2.78. The van der Waals surface area contributed by atoms with Crippen molar-refractivity contribution in [3.63, 3.8) is 0 Å². The number of rotatable bonds is 1. The highest BCUT2D eigenvalue weighted by atomic mass is 16.5. The molecule has 0 aromatic rings. The number of oxime groups is 1. The maximum atomic E-state index is 9.76. The number of aliphatic imine (C=N–C) groups is 1. The van der Waals surface area contributed by atoms with E-state index >= 15 is 0 Å². The summed E-state index contributed by atoms with van der Waals surface area (Å²) in [7, 11) is 0. The van der Waals surface area contributed by atoms with Crippen LogP contribution in [-0.2, 0) is 0 Å². The van der Waals surface area contributed by atoms with Gasteiger partial charge in [0.2, 0.25) is 0 Å². The van der Waals surface area contributed by atoms with Crippen molar-refractivity contribution in [1.29, 1.82) is 0 Å². The Labute approximate surface area is 77.3 Å². The first-order chi connectivity index (χ1) is 5.82. The molecule has 0 amide bonds. The van der Waals surface area contributed by atoms with Gasteiger partial charge in [0.15, 0.2) is 0 Å². The largest absolute Gasteiger partial charge is 0.411 e. The first-order valence-corrected chi connectivity index (χ1v) is 4.09. The molecule has 5 nitrogen and oxygen atoms in total. The molecular formula is C8H15N3O2. The van der Waals surface area contributed by atoms with Gasteiger partial charge in [-0.15, -0.1) is 0 Å². The average Bonchev–Trinajstić information content (AvgIpc) is 2.14. The molecule has 13 heavy (non-hydrogen) atoms. The van der Waals surface area contributed by atoms with Gasteiger partial charge >= 0.3 is 0 Å². The van der Waals surface area contributed by atoms with Crippen LogP contribution in [0.4, 0.5) is 0 Å². The Morgan fingerprint density at radius 1 is 1.38 bits per heavy atom. The third kappa shape index (κ3) is 1.45. The van der Waals surface area contributed by atoms with Crippen molar-refractivity contribution in [1.82, 2.24) is 5.06 Å². The molecule has 0 aromatic heterocycles. The molecule has 1 aliphatic heterocycles. The van der Waals surface area contributed by atoms with Crippen molar-refractivity contribution < 1.29 is 10.4 Å². The lowest BCUT2D eigenvalue weighted by molar-refractivity contribution is -0.187. The second-order valence-electron chi connectivity index (χ2n) is 4.11. The maximum Gasteiger partial charge on any atom is 0.131 e. The second-order valence-corrected chi connectivity index (χ2v) is 4.11. The van der Waals surface area contributed by atoms with Crippen LogP contribution in [0.1, 0.15) is 27.7 Å². The quantitative estimate of drug-likeness (QED) is 0.365. The molecule has 0 atom stereocenters. The molecule has 0 bridgehead atoms. The van der Waals surface area contributed by atoms with Crippen molar-refractivity contribution in [2.24, 2.45) is 10.1 Å². The fourth-order valence-corrected chi connectivity index (χ4v) is 1.51. The third-order valence-electron chi connectivity index (χ3n) is 2.25. The van der Waals surface area contributed by atoms with Gasteiger partial charge in [-0.3, -0.25) is 4.99 Å². The van der Waals surface area contributed by atoms with Gasteiger partial charge in [0.25, 0.3) is 0 Å². The van der Waals surface area contributed by atoms with Crippen LogP contribution in [0.3, 0.4) is 0 Å². The predicted octanol–water partition coefficient (Wildman–Crippen LogP) is 1.11. The van der Waals surface area contributed by atoms with Gasteiger partial charge in [0, 0.05) is 0 Å². The fraction of sp³-hybridized carbons (Fsp3) is 0.750. The molecule has 1 aliphatic rings. The van der Waals surface area contributed by atoms with Crippen LogP contribution in [0.25, 0.3) is 0 Å². The lowest BCUT2D eigenvalue weighted by atomic mass is 9.99. The molecule has 0 aliphatic carbocycles. The number of nitrogens with zero attached hydrogens (tertiary/aromatic N) is 3. The summed E-state index contributed by atoms with van der Waals surface area (Å²) in [5.74, 6) is 0. The van der Waals surface area contributed by atoms with Crippen LogP contribution in [0.15, 0.2) is 10.1 Å². The summed E-state index contributed by atoms with van der Waals surface area (Å²) in [6, 6.07) is 0. The highest BCUT2D eigenvalue weighted by molar-refractivity contribution is 6.34. The fourth-order valence-electron chi connectivity index (χ4n) is 1.51. The minimum Gasteiger partial charge on any atom is -0.411 e. The summed E-state index contributed by atoms with van der Waals surface area (Å²) in [6.45, 7) is 7.18. The average molecular weight is 185 g/mol. The van der Waals surface area contributed by atoms with E-state index in [1.54, 1.807) is 13.8 Å². The summed E-state index contributed by atoms with van der Waals surface area (Å²) >= 11 is 0. The SMILES string of the molecule is CC1(C)N=C(/C=N\O)C(C)(C)N1O. The Hall–Kier alpha value is -0.940. The van der Waals surface area contributed by atoms with E-state index in [4.69, 9.17) is 5.21 Å². The van der Waals surface area contributed by atoms with E-state index in [2.05, 4.69) is 10.1 Å². The van der Waals surface area contributed by atoms with Gasteiger partial charge in [0.1, 0.15) is 5.66 Å². The lowest BCUT2D eigenvalue weighted by Gasteiger charge is -2.33. The van der Waals surface area contributed by atoms with Crippen LogP contribution < -0.4 is 0 Å². The van der Waals surface area contributed by atoms with Crippen molar-refractivity contribution in [2.45, 2.75) is 38.9 Å². The smallest absolute Gasteiger partial charge is 0.131 e. The van der Waals surface area contributed by atoms with E-state index in [-0.39, 0.29) is 0 Å². The van der Waals surface area contributed by atoms with Gasteiger partial charge in [0.05, 0.1) is 17.5 Å². The van der Waals surface area contributed by atoms with Gasteiger partial charge in [-0.1, -0.05) is 5.16 Å². The summed E-state index contributed by atoms with van der Waals surface area (Å²) in [6.07, 6.45) is 1.25. The van der Waals surface area contributed by atoms with E-state index < -0.39 is 11.2 Å². The molecule has 74 valence electrons. The Kier molecular flexibility index (Phi) is 2.17. The molecule has 1 rings (SSSR count). The highest BCUT2D eigenvalue weighted by Gasteiger charge is 2.46. The molecule has 0 radical (unpaired) electrons.